The third-order valence-corrected chi connectivity index (χ3v) is 3.91. The van der Waals surface area contributed by atoms with Gasteiger partial charge in [0.25, 0.3) is 0 Å². The van der Waals surface area contributed by atoms with Crippen LogP contribution in [0, 0.1) is 6.92 Å². The average molecular weight is 279 g/mol. The highest BCUT2D eigenvalue weighted by Gasteiger charge is 2.27. The molecule has 1 aromatic carbocycles. The first kappa shape index (κ1) is 16.3. The van der Waals surface area contributed by atoms with Crippen LogP contribution in [0.2, 0.25) is 13.1 Å². The lowest BCUT2D eigenvalue weighted by Gasteiger charge is -2.31. The summed E-state index contributed by atoms with van der Waals surface area (Å²) in [4.78, 5) is 0. The van der Waals surface area contributed by atoms with Crippen molar-refractivity contribution in [2.75, 3.05) is 0 Å². The molecule has 0 N–H and O–H groups in total. The van der Waals surface area contributed by atoms with Gasteiger partial charge in [-0.25, -0.2) is 0 Å². The predicted octanol–water partition coefficient (Wildman–Crippen LogP) is 4.95. The van der Waals surface area contributed by atoms with E-state index in [0.717, 1.165) is 5.75 Å². The first-order valence-electron chi connectivity index (χ1n) is 7.25. The Bertz CT molecular complexity index is 412. The molecular formula is C17H30OSi. The summed E-state index contributed by atoms with van der Waals surface area (Å²) in [7, 11) is -1.11. The summed E-state index contributed by atoms with van der Waals surface area (Å²) < 4.78 is 6.32. The number of benzene rings is 1. The van der Waals surface area contributed by atoms with Crippen LogP contribution in [0.4, 0.5) is 0 Å². The fraction of sp³-hybridized carbons (Fsp3) is 0.647. The Morgan fingerprint density at radius 2 is 1.21 bits per heavy atom. The second-order valence-corrected chi connectivity index (χ2v) is 10.2. The molecule has 0 saturated heterocycles. The van der Waals surface area contributed by atoms with Crippen LogP contribution >= 0.6 is 0 Å². The summed E-state index contributed by atoms with van der Waals surface area (Å²) in [5.41, 5.74) is 4.25. The number of aryl methyl sites for hydroxylation is 1. The molecule has 1 rings (SSSR count). The largest absolute Gasteiger partial charge is 0.547 e. The average Bonchev–Trinajstić information content (AvgIpc) is 2.16. The molecule has 0 spiro atoms. The smallest absolute Gasteiger partial charge is 0.229 e. The third kappa shape index (κ3) is 4.10. The minimum absolute atomic E-state index is 0.116. The Kier molecular flexibility index (Phi) is 4.56. The standard InChI is InChI=1S/C17H30OSi/c1-12-10-13(16(2,3)4)15(18-19(8)9)14(11-12)17(5,6)7/h10-11,19H,1-9H3. The minimum Gasteiger partial charge on any atom is -0.547 e. The van der Waals surface area contributed by atoms with Crippen molar-refractivity contribution in [1.29, 1.82) is 0 Å². The van der Waals surface area contributed by atoms with Crippen molar-refractivity contribution in [1.82, 2.24) is 0 Å². The molecule has 0 aromatic heterocycles. The maximum Gasteiger partial charge on any atom is 0.229 e. The van der Waals surface area contributed by atoms with E-state index in [4.69, 9.17) is 4.43 Å². The van der Waals surface area contributed by atoms with Crippen molar-refractivity contribution in [2.45, 2.75) is 72.4 Å². The molecule has 1 nitrogen and oxygen atoms in total. The first-order valence-corrected chi connectivity index (χ1v) is 10.0. The van der Waals surface area contributed by atoms with Crippen LogP contribution < -0.4 is 4.43 Å². The summed E-state index contributed by atoms with van der Waals surface area (Å²) in [5.74, 6) is 1.15. The van der Waals surface area contributed by atoms with E-state index in [0.29, 0.717) is 0 Å². The summed E-state index contributed by atoms with van der Waals surface area (Å²) >= 11 is 0. The van der Waals surface area contributed by atoms with Crippen molar-refractivity contribution in [3.05, 3.63) is 28.8 Å². The number of hydrogen-bond acceptors (Lipinski definition) is 1. The lowest BCUT2D eigenvalue weighted by Crippen LogP contribution is -2.23. The van der Waals surface area contributed by atoms with Crippen molar-refractivity contribution in [3.8, 4) is 5.75 Å². The monoisotopic (exact) mass is 278 g/mol. The van der Waals surface area contributed by atoms with Gasteiger partial charge in [0.1, 0.15) is 5.75 Å². The fourth-order valence-corrected chi connectivity index (χ4v) is 2.98. The Morgan fingerprint density at radius 3 is 1.47 bits per heavy atom. The Labute approximate surface area is 121 Å². The quantitative estimate of drug-likeness (QED) is 0.695. The SMILES string of the molecule is Cc1cc(C(C)(C)C)c(O[SiH](C)C)c(C(C)(C)C)c1. The van der Waals surface area contributed by atoms with Crippen LogP contribution in [0.5, 0.6) is 5.75 Å². The van der Waals surface area contributed by atoms with Gasteiger partial charge in [-0.15, -0.1) is 0 Å². The topological polar surface area (TPSA) is 9.23 Å². The highest BCUT2D eigenvalue weighted by molar-refractivity contribution is 6.49. The molecule has 0 unspecified atom stereocenters. The second kappa shape index (κ2) is 5.32. The van der Waals surface area contributed by atoms with Crippen molar-refractivity contribution < 1.29 is 4.43 Å². The molecule has 0 atom stereocenters. The summed E-state index contributed by atoms with van der Waals surface area (Å²) in [6, 6.07) is 4.59. The summed E-state index contributed by atoms with van der Waals surface area (Å²) in [6.45, 7) is 20.3. The van der Waals surface area contributed by atoms with E-state index in [1.54, 1.807) is 0 Å². The highest BCUT2D eigenvalue weighted by atomic mass is 28.3. The molecule has 0 fully saturated rings. The van der Waals surface area contributed by atoms with Gasteiger partial charge in [-0.1, -0.05) is 59.2 Å². The van der Waals surface area contributed by atoms with Gasteiger partial charge in [0.15, 0.2) is 0 Å². The van der Waals surface area contributed by atoms with Crippen molar-refractivity contribution in [2.24, 2.45) is 0 Å². The number of hydrogen-bond donors (Lipinski definition) is 0. The number of rotatable bonds is 2. The zero-order chi connectivity index (χ0) is 15.0. The Morgan fingerprint density at radius 1 is 0.842 bits per heavy atom. The van der Waals surface area contributed by atoms with E-state index >= 15 is 0 Å². The van der Waals surface area contributed by atoms with Crippen LogP contribution in [0.1, 0.15) is 58.2 Å². The lowest BCUT2D eigenvalue weighted by molar-refractivity contribution is 0.487. The maximum absolute atomic E-state index is 6.32. The van der Waals surface area contributed by atoms with Crippen LogP contribution in [-0.2, 0) is 10.8 Å². The zero-order valence-corrected chi connectivity index (χ0v) is 15.3. The highest BCUT2D eigenvalue weighted by Crippen LogP contribution is 2.40. The van der Waals surface area contributed by atoms with Crippen LogP contribution in [0.25, 0.3) is 0 Å². The molecular weight excluding hydrogens is 248 g/mol. The van der Waals surface area contributed by atoms with E-state index < -0.39 is 9.04 Å². The molecule has 0 bridgehead atoms. The van der Waals surface area contributed by atoms with Gasteiger partial charge in [0.05, 0.1) is 0 Å². The van der Waals surface area contributed by atoms with Gasteiger partial charge >= 0.3 is 0 Å². The molecule has 0 radical (unpaired) electrons. The van der Waals surface area contributed by atoms with Crippen molar-refractivity contribution in [3.63, 3.8) is 0 Å². The fourth-order valence-electron chi connectivity index (χ4n) is 2.25. The normalized spacial score (nSPS) is 12.9. The maximum atomic E-state index is 6.32. The Balaban J connectivity index is 3.58. The second-order valence-electron chi connectivity index (χ2n) is 7.86. The van der Waals surface area contributed by atoms with E-state index in [-0.39, 0.29) is 10.8 Å². The van der Waals surface area contributed by atoms with Crippen LogP contribution in [0.15, 0.2) is 12.1 Å². The zero-order valence-electron chi connectivity index (χ0n) is 14.1. The molecule has 0 heterocycles. The molecule has 0 aliphatic rings. The van der Waals surface area contributed by atoms with Gasteiger partial charge < -0.3 is 4.43 Å². The molecule has 0 aliphatic heterocycles. The van der Waals surface area contributed by atoms with Crippen LogP contribution in [-0.4, -0.2) is 9.04 Å². The predicted molar refractivity (Wildman–Crippen MR) is 88.1 cm³/mol. The minimum atomic E-state index is -1.11. The molecule has 0 saturated carbocycles. The van der Waals surface area contributed by atoms with E-state index in [1.165, 1.54) is 16.7 Å². The lowest BCUT2D eigenvalue weighted by atomic mass is 9.78. The molecule has 0 aliphatic carbocycles. The van der Waals surface area contributed by atoms with E-state index in [9.17, 15) is 0 Å². The molecule has 1 aromatic rings. The van der Waals surface area contributed by atoms with E-state index in [2.05, 4.69) is 73.7 Å². The van der Waals surface area contributed by atoms with Gasteiger partial charge in [0.2, 0.25) is 9.04 Å². The van der Waals surface area contributed by atoms with Gasteiger partial charge in [-0.05, 0) is 42.0 Å². The molecule has 2 heteroatoms. The molecule has 108 valence electrons. The first-order chi connectivity index (χ1) is 8.43. The molecule has 19 heavy (non-hydrogen) atoms. The Hall–Kier alpha value is -0.763. The summed E-state index contributed by atoms with van der Waals surface area (Å²) in [5, 5.41) is 0. The van der Waals surface area contributed by atoms with Gasteiger partial charge in [-0.2, -0.15) is 0 Å². The van der Waals surface area contributed by atoms with Gasteiger partial charge in [-0.3, -0.25) is 0 Å². The molecule has 0 amide bonds. The van der Waals surface area contributed by atoms with E-state index in [1.807, 2.05) is 0 Å². The van der Waals surface area contributed by atoms with Gasteiger partial charge in [0, 0.05) is 0 Å². The third-order valence-electron chi connectivity index (χ3n) is 3.20. The van der Waals surface area contributed by atoms with Crippen LogP contribution in [0.3, 0.4) is 0 Å². The summed E-state index contributed by atoms with van der Waals surface area (Å²) in [6.07, 6.45) is 0. The van der Waals surface area contributed by atoms with Crippen molar-refractivity contribution >= 4 is 9.04 Å².